The molecule has 0 radical (unpaired) electrons. The van der Waals surface area contributed by atoms with Crippen molar-refractivity contribution >= 4 is 17.5 Å². The lowest BCUT2D eigenvalue weighted by Gasteiger charge is -2.47. The molecule has 6 rings (SSSR count). The van der Waals surface area contributed by atoms with Crippen molar-refractivity contribution in [2.75, 3.05) is 64.2 Å². The lowest BCUT2D eigenvalue weighted by atomic mass is 9.76. The second-order valence-corrected chi connectivity index (χ2v) is 17.7. The number of nitrogens with zero attached hydrogens (tertiary/aromatic N) is 3. The SMILES string of the molecule is CCCCCCCCCCCCCCCCCCN1c2ccccc2C(C)(C)C12C=Cc1cc([N+](=O)[O-])cc(CN3CCOCCOc4ccccc4OCCOCC3)c1O2. The van der Waals surface area contributed by atoms with Crippen LogP contribution in [-0.4, -0.2) is 74.8 Å². The highest BCUT2D eigenvalue weighted by molar-refractivity contribution is 5.74. The number of anilines is 1. The molecular formula is C51H73N3O7. The van der Waals surface area contributed by atoms with Gasteiger partial charge in [0.1, 0.15) is 19.0 Å². The van der Waals surface area contributed by atoms with Gasteiger partial charge in [0.2, 0.25) is 5.72 Å². The summed E-state index contributed by atoms with van der Waals surface area (Å²) in [7, 11) is 0. The van der Waals surface area contributed by atoms with Gasteiger partial charge in [-0.2, -0.15) is 0 Å². The number of non-ortho nitro benzene ring substituents is 1. The van der Waals surface area contributed by atoms with Gasteiger partial charge in [0, 0.05) is 55.1 Å². The summed E-state index contributed by atoms with van der Waals surface area (Å²) in [6.07, 6.45) is 25.6. The van der Waals surface area contributed by atoms with Crippen molar-refractivity contribution in [1.82, 2.24) is 4.90 Å². The number of unbranched alkanes of at least 4 members (excludes halogenated alkanes) is 15. The number of ether oxygens (including phenoxy) is 5. The first-order valence-corrected chi connectivity index (χ1v) is 23.6. The van der Waals surface area contributed by atoms with Crippen LogP contribution < -0.4 is 19.1 Å². The normalized spacial score (nSPS) is 19.2. The first-order valence-electron chi connectivity index (χ1n) is 23.6. The Kier molecular flexibility index (Phi) is 18.2. The van der Waals surface area contributed by atoms with Gasteiger partial charge >= 0.3 is 0 Å². The van der Waals surface area contributed by atoms with Crippen molar-refractivity contribution < 1.29 is 28.6 Å². The number of hydrogen-bond acceptors (Lipinski definition) is 9. The van der Waals surface area contributed by atoms with E-state index in [1.165, 1.54) is 108 Å². The second kappa shape index (κ2) is 23.9. The molecule has 0 aromatic heterocycles. The summed E-state index contributed by atoms with van der Waals surface area (Å²) in [6, 6.07) is 19.7. The van der Waals surface area contributed by atoms with E-state index < -0.39 is 11.1 Å². The third-order valence-corrected chi connectivity index (χ3v) is 12.9. The lowest BCUT2D eigenvalue weighted by molar-refractivity contribution is -0.385. The van der Waals surface area contributed by atoms with Crippen LogP contribution >= 0.6 is 0 Å². The molecule has 334 valence electrons. The largest absolute Gasteiger partial charge is 0.487 e. The van der Waals surface area contributed by atoms with E-state index in [1.807, 2.05) is 24.3 Å². The van der Waals surface area contributed by atoms with Crippen molar-refractivity contribution in [3.8, 4) is 17.2 Å². The van der Waals surface area contributed by atoms with Crippen LogP contribution in [0.25, 0.3) is 6.08 Å². The zero-order chi connectivity index (χ0) is 42.8. The fourth-order valence-corrected chi connectivity index (χ4v) is 9.30. The molecule has 3 heterocycles. The molecule has 0 saturated carbocycles. The van der Waals surface area contributed by atoms with Gasteiger partial charge in [0.15, 0.2) is 11.5 Å². The molecule has 1 unspecified atom stereocenters. The predicted octanol–water partition coefficient (Wildman–Crippen LogP) is 12.1. The summed E-state index contributed by atoms with van der Waals surface area (Å²) in [5.74, 6) is 2.06. The number of rotatable bonds is 20. The summed E-state index contributed by atoms with van der Waals surface area (Å²) in [5.41, 5.74) is 2.80. The van der Waals surface area contributed by atoms with Crippen molar-refractivity contribution in [3.05, 3.63) is 93.5 Å². The predicted molar refractivity (Wildman–Crippen MR) is 246 cm³/mol. The molecule has 3 aliphatic heterocycles. The molecule has 1 atom stereocenters. The van der Waals surface area contributed by atoms with Gasteiger partial charge in [-0.1, -0.05) is 134 Å². The van der Waals surface area contributed by atoms with Crippen LogP contribution in [0, 0.1) is 10.1 Å². The monoisotopic (exact) mass is 840 g/mol. The zero-order valence-electron chi connectivity index (χ0n) is 37.5. The maximum atomic E-state index is 12.3. The summed E-state index contributed by atoms with van der Waals surface area (Å²) in [4.78, 5) is 16.7. The average molecular weight is 840 g/mol. The van der Waals surface area contributed by atoms with E-state index in [-0.39, 0.29) is 10.6 Å². The first-order chi connectivity index (χ1) is 29.8. The minimum absolute atomic E-state index is 0.0524. The van der Waals surface area contributed by atoms with E-state index in [9.17, 15) is 10.1 Å². The van der Waals surface area contributed by atoms with E-state index in [2.05, 4.69) is 67.0 Å². The molecule has 0 N–H and O–H groups in total. The van der Waals surface area contributed by atoms with Crippen LogP contribution in [0.3, 0.4) is 0 Å². The maximum absolute atomic E-state index is 12.3. The van der Waals surface area contributed by atoms with Crippen LogP contribution in [0.2, 0.25) is 0 Å². The van der Waals surface area contributed by atoms with Crippen LogP contribution in [0.15, 0.2) is 66.7 Å². The molecule has 3 aliphatic rings. The molecule has 0 amide bonds. The Bertz CT molecular complexity index is 1800. The summed E-state index contributed by atoms with van der Waals surface area (Å²) in [5, 5.41) is 12.3. The highest BCUT2D eigenvalue weighted by Crippen LogP contribution is 2.55. The molecule has 10 nitrogen and oxygen atoms in total. The highest BCUT2D eigenvalue weighted by Gasteiger charge is 2.58. The number of nitro benzene ring substituents is 1. The molecule has 61 heavy (non-hydrogen) atoms. The van der Waals surface area contributed by atoms with Gasteiger partial charge in [0.05, 0.1) is 36.8 Å². The van der Waals surface area contributed by atoms with E-state index in [0.717, 1.165) is 24.1 Å². The Morgan fingerprint density at radius 1 is 0.672 bits per heavy atom. The Labute approximate surface area is 366 Å². The third-order valence-electron chi connectivity index (χ3n) is 12.9. The summed E-state index contributed by atoms with van der Waals surface area (Å²) in [6.45, 7) is 11.9. The molecule has 3 aromatic carbocycles. The second-order valence-electron chi connectivity index (χ2n) is 17.7. The van der Waals surface area contributed by atoms with Crippen molar-refractivity contribution in [2.24, 2.45) is 0 Å². The van der Waals surface area contributed by atoms with E-state index in [0.29, 0.717) is 76.5 Å². The molecule has 3 aromatic rings. The first kappa shape index (κ1) is 46.4. The smallest absolute Gasteiger partial charge is 0.270 e. The van der Waals surface area contributed by atoms with E-state index >= 15 is 0 Å². The van der Waals surface area contributed by atoms with Crippen molar-refractivity contribution in [3.63, 3.8) is 0 Å². The Balaban J connectivity index is 1.08. The van der Waals surface area contributed by atoms with Gasteiger partial charge in [0.25, 0.3) is 5.69 Å². The standard InChI is InChI=1S/C51H73N3O7/c1-4-5-6-7-8-9-10-11-12-13-14-15-16-17-18-23-30-53-46-25-20-19-24-45(46)50(2,3)51(53)29-28-42-39-44(54(55)56)40-43(49(42)61-51)41-52-31-33-57-35-37-59-47-26-21-22-27-48(47)60-38-36-58-34-32-52/h19-22,24-29,39-40H,4-18,23,30-38,41H2,1-3H3. The van der Waals surface area contributed by atoms with Gasteiger partial charge in [-0.25, -0.2) is 0 Å². The highest BCUT2D eigenvalue weighted by atomic mass is 16.6. The number of benzene rings is 3. The number of hydrogen-bond donors (Lipinski definition) is 0. The molecule has 0 aliphatic carbocycles. The fraction of sp³-hybridized carbons (Fsp3) is 0.608. The molecule has 10 heteroatoms. The average Bonchev–Trinajstić information content (AvgIpc) is 3.43. The van der Waals surface area contributed by atoms with Crippen LogP contribution in [0.1, 0.15) is 140 Å². The van der Waals surface area contributed by atoms with Gasteiger partial charge in [-0.3, -0.25) is 15.0 Å². The van der Waals surface area contributed by atoms with E-state index in [4.69, 9.17) is 23.7 Å². The zero-order valence-corrected chi connectivity index (χ0v) is 37.5. The minimum Gasteiger partial charge on any atom is -0.487 e. The number of para-hydroxylation sites is 3. The Hall–Kier alpha value is -4.12. The third kappa shape index (κ3) is 12.5. The Morgan fingerprint density at radius 3 is 1.79 bits per heavy atom. The van der Waals surface area contributed by atoms with Crippen LogP contribution in [0.5, 0.6) is 17.2 Å². The minimum atomic E-state index is -0.801. The number of fused-ring (bicyclic) bond motifs is 3. The van der Waals surface area contributed by atoms with Crippen molar-refractivity contribution in [1.29, 1.82) is 0 Å². The lowest BCUT2D eigenvalue weighted by Crippen LogP contribution is -2.59. The molecular weight excluding hydrogens is 767 g/mol. The van der Waals surface area contributed by atoms with Gasteiger partial charge in [-0.15, -0.1) is 0 Å². The summed E-state index contributed by atoms with van der Waals surface area (Å²) >= 11 is 0. The van der Waals surface area contributed by atoms with Crippen LogP contribution in [-0.2, 0) is 21.4 Å². The molecule has 1 spiro atoms. The Morgan fingerprint density at radius 2 is 1.21 bits per heavy atom. The molecule has 0 bridgehead atoms. The quantitative estimate of drug-likeness (QED) is 0.0626. The summed E-state index contributed by atoms with van der Waals surface area (Å²) < 4.78 is 31.3. The van der Waals surface area contributed by atoms with E-state index in [1.54, 1.807) is 12.1 Å². The van der Waals surface area contributed by atoms with Crippen LogP contribution in [0.4, 0.5) is 11.4 Å². The molecule has 0 fully saturated rings. The maximum Gasteiger partial charge on any atom is 0.270 e. The van der Waals surface area contributed by atoms with Gasteiger partial charge in [-0.05, 0) is 56.2 Å². The topological polar surface area (TPSA) is 95.8 Å². The van der Waals surface area contributed by atoms with Gasteiger partial charge < -0.3 is 28.6 Å². The number of nitro groups is 1. The fourth-order valence-electron chi connectivity index (χ4n) is 9.30. The molecule has 0 saturated heterocycles. The van der Waals surface area contributed by atoms with Crippen molar-refractivity contribution in [2.45, 2.75) is 141 Å².